The first kappa shape index (κ1) is 19.0. The number of aryl methyl sites for hydroxylation is 1. The van der Waals surface area contributed by atoms with Crippen molar-refractivity contribution in [3.8, 4) is 17.3 Å². The molecule has 3 heterocycles. The Hall–Kier alpha value is -2.82. The summed E-state index contributed by atoms with van der Waals surface area (Å²) in [5.41, 5.74) is 0.579. The molecule has 0 saturated carbocycles. The van der Waals surface area contributed by atoms with Gasteiger partial charge in [0.25, 0.3) is 5.56 Å². The Labute approximate surface area is 155 Å². The third kappa shape index (κ3) is 5.09. The van der Waals surface area contributed by atoms with Gasteiger partial charge in [0.2, 0.25) is 0 Å². The SMILES string of the molecule is CCc1ncc(Cn2nc(-c3cnc(OCC(F)(F)F)nc3)ccc2=O)s1. The maximum Gasteiger partial charge on any atom is 0.422 e. The third-order valence-electron chi connectivity index (χ3n) is 3.36. The Balaban J connectivity index is 1.77. The van der Waals surface area contributed by atoms with E-state index in [0.29, 0.717) is 11.3 Å². The zero-order valence-corrected chi connectivity index (χ0v) is 14.9. The van der Waals surface area contributed by atoms with Gasteiger partial charge in [-0.05, 0) is 12.5 Å². The summed E-state index contributed by atoms with van der Waals surface area (Å²) in [5.74, 6) is 0. The molecule has 0 aliphatic heterocycles. The molecule has 0 atom stereocenters. The molecule has 0 saturated heterocycles. The smallest absolute Gasteiger partial charge is 0.422 e. The van der Waals surface area contributed by atoms with Gasteiger partial charge in [-0.25, -0.2) is 19.6 Å². The Morgan fingerprint density at radius 2 is 1.89 bits per heavy atom. The van der Waals surface area contributed by atoms with Crippen LogP contribution in [0.2, 0.25) is 0 Å². The highest BCUT2D eigenvalue weighted by atomic mass is 32.1. The Kier molecular flexibility index (Phi) is 5.49. The number of rotatable bonds is 6. The topological polar surface area (TPSA) is 82.8 Å². The first-order valence-electron chi connectivity index (χ1n) is 7.88. The van der Waals surface area contributed by atoms with E-state index in [1.165, 1.54) is 40.5 Å². The van der Waals surface area contributed by atoms with Crippen LogP contribution in [0, 0.1) is 0 Å². The first-order chi connectivity index (χ1) is 12.8. The molecular weight excluding hydrogens is 383 g/mol. The lowest BCUT2D eigenvalue weighted by Crippen LogP contribution is -2.22. The standard InChI is InChI=1S/C16H14F3N5O2S/c1-2-13-20-7-11(27-13)8-24-14(25)4-3-12(23-24)10-5-21-15(22-6-10)26-9-16(17,18)19/h3-7H,2,8-9H2,1H3. The van der Waals surface area contributed by atoms with E-state index in [-0.39, 0.29) is 18.1 Å². The molecule has 0 amide bonds. The highest BCUT2D eigenvalue weighted by Gasteiger charge is 2.28. The molecule has 0 aliphatic rings. The minimum atomic E-state index is -4.46. The predicted molar refractivity (Wildman–Crippen MR) is 91.7 cm³/mol. The number of aromatic nitrogens is 5. The maximum atomic E-state index is 12.1. The van der Waals surface area contributed by atoms with Crippen molar-refractivity contribution in [3.05, 3.63) is 51.0 Å². The van der Waals surface area contributed by atoms with Crippen molar-refractivity contribution in [2.24, 2.45) is 0 Å². The number of thiazole rings is 1. The summed E-state index contributed by atoms with van der Waals surface area (Å²) in [7, 11) is 0. The van der Waals surface area contributed by atoms with E-state index in [9.17, 15) is 18.0 Å². The molecule has 7 nitrogen and oxygen atoms in total. The summed E-state index contributed by atoms with van der Waals surface area (Å²) in [4.78, 5) is 24.7. The largest absolute Gasteiger partial charge is 0.454 e. The van der Waals surface area contributed by atoms with E-state index >= 15 is 0 Å². The van der Waals surface area contributed by atoms with Crippen molar-refractivity contribution >= 4 is 11.3 Å². The quantitative estimate of drug-likeness (QED) is 0.636. The zero-order valence-electron chi connectivity index (χ0n) is 14.1. The van der Waals surface area contributed by atoms with Crippen LogP contribution in [0.25, 0.3) is 11.3 Å². The van der Waals surface area contributed by atoms with Crippen molar-refractivity contribution in [2.45, 2.75) is 26.1 Å². The van der Waals surface area contributed by atoms with Crippen LogP contribution in [0.15, 0.2) is 35.5 Å². The summed E-state index contributed by atoms with van der Waals surface area (Å²) in [6, 6.07) is 2.47. The van der Waals surface area contributed by atoms with Gasteiger partial charge in [-0.15, -0.1) is 11.3 Å². The Morgan fingerprint density at radius 3 is 2.52 bits per heavy atom. The number of ether oxygens (including phenoxy) is 1. The van der Waals surface area contributed by atoms with Gasteiger partial charge in [0.1, 0.15) is 0 Å². The lowest BCUT2D eigenvalue weighted by atomic mass is 10.2. The fourth-order valence-corrected chi connectivity index (χ4v) is 2.96. The van der Waals surface area contributed by atoms with Crippen molar-refractivity contribution < 1.29 is 17.9 Å². The Morgan fingerprint density at radius 1 is 1.15 bits per heavy atom. The lowest BCUT2D eigenvalue weighted by Gasteiger charge is -2.08. The van der Waals surface area contributed by atoms with Crippen LogP contribution in [0.1, 0.15) is 16.8 Å². The Bertz CT molecular complexity index is 969. The molecule has 0 aliphatic carbocycles. The van der Waals surface area contributed by atoms with Gasteiger partial charge >= 0.3 is 12.2 Å². The molecular formula is C16H14F3N5O2S. The molecule has 0 N–H and O–H groups in total. The maximum absolute atomic E-state index is 12.1. The summed E-state index contributed by atoms with van der Waals surface area (Å²) in [6.45, 7) is 0.803. The van der Waals surface area contributed by atoms with Crippen LogP contribution in [0.3, 0.4) is 0 Å². The minimum absolute atomic E-state index is 0.276. The monoisotopic (exact) mass is 397 g/mol. The van der Waals surface area contributed by atoms with Crippen molar-refractivity contribution in [2.75, 3.05) is 6.61 Å². The van der Waals surface area contributed by atoms with Gasteiger partial charge in [0.05, 0.1) is 17.2 Å². The number of hydrogen-bond acceptors (Lipinski definition) is 7. The predicted octanol–water partition coefficient (Wildman–Crippen LogP) is 2.71. The van der Waals surface area contributed by atoms with Gasteiger partial charge in [0.15, 0.2) is 6.61 Å². The lowest BCUT2D eigenvalue weighted by molar-refractivity contribution is -0.154. The molecule has 3 aromatic heterocycles. The van der Waals surface area contributed by atoms with Gasteiger partial charge in [-0.3, -0.25) is 4.79 Å². The second kappa shape index (κ2) is 7.82. The minimum Gasteiger partial charge on any atom is -0.454 e. The molecule has 11 heteroatoms. The molecule has 3 aromatic rings. The molecule has 0 spiro atoms. The highest BCUT2D eigenvalue weighted by molar-refractivity contribution is 7.11. The van der Waals surface area contributed by atoms with Gasteiger partial charge < -0.3 is 4.74 Å². The number of nitrogens with zero attached hydrogens (tertiary/aromatic N) is 5. The zero-order chi connectivity index (χ0) is 19.4. The number of alkyl halides is 3. The van der Waals surface area contributed by atoms with Crippen molar-refractivity contribution in [3.63, 3.8) is 0 Å². The van der Waals surface area contributed by atoms with Crippen LogP contribution in [0.4, 0.5) is 13.2 Å². The number of hydrogen-bond donors (Lipinski definition) is 0. The van der Waals surface area contributed by atoms with E-state index in [1.54, 1.807) is 6.20 Å². The summed E-state index contributed by atoms with van der Waals surface area (Å²) >= 11 is 1.50. The second-order valence-electron chi connectivity index (χ2n) is 5.45. The van der Waals surface area contributed by atoms with Crippen LogP contribution < -0.4 is 10.3 Å². The second-order valence-corrected chi connectivity index (χ2v) is 6.65. The fourth-order valence-electron chi connectivity index (χ4n) is 2.12. The van der Waals surface area contributed by atoms with E-state index in [1.807, 2.05) is 6.92 Å². The molecule has 0 radical (unpaired) electrons. The van der Waals surface area contributed by atoms with Gasteiger partial charge in [0, 0.05) is 35.1 Å². The third-order valence-corrected chi connectivity index (χ3v) is 4.49. The van der Waals surface area contributed by atoms with Gasteiger partial charge in [-0.1, -0.05) is 6.92 Å². The molecule has 27 heavy (non-hydrogen) atoms. The number of halogens is 3. The molecule has 142 valence electrons. The summed E-state index contributed by atoms with van der Waals surface area (Å²) in [6.07, 6.45) is 0.635. The van der Waals surface area contributed by atoms with E-state index < -0.39 is 12.8 Å². The molecule has 0 bridgehead atoms. The van der Waals surface area contributed by atoms with Crippen LogP contribution in [-0.2, 0) is 13.0 Å². The summed E-state index contributed by atoms with van der Waals surface area (Å²) in [5, 5.41) is 5.24. The first-order valence-corrected chi connectivity index (χ1v) is 8.69. The van der Waals surface area contributed by atoms with E-state index in [2.05, 4.69) is 24.8 Å². The van der Waals surface area contributed by atoms with Crippen molar-refractivity contribution in [1.82, 2.24) is 24.7 Å². The average molecular weight is 397 g/mol. The average Bonchev–Trinajstić information content (AvgIpc) is 3.09. The van der Waals surface area contributed by atoms with Gasteiger partial charge in [-0.2, -0.15) is 18.3 Å². The fraction of sp³-hybridized carbons (Fsp3) is 0.312. The molecule has 0 unspecified atom stereocenters. The summed E-state index contributed by atoms with van der Waals surface area (Å²) < 4.78 is 42.2. The molecule has 0 aromatic carbocycles. The van der Waals surface area contributed by atoms with Crippen molar-refractivity contribution in [1.29, 1.82) is 0 Å². The van der Waals surface area contributed by atoms with Crippen LogP contribution >= 0.6 is 11.3 Å². The normalized spacial score (nSPS) is 11.6. The van der Waals surface area contributed by atoms with E-state index in [0.717, 1.165) is 16.3 Å². The molecule has 3 rings (SSSR count). The van der Waals surface area contributed by atoms with E-state index in [4.69, 9.17) is 0 Å². The van der Waals surface area contributed by atoms with Crippen LogP contribution in [0.5, 0.6) is 6.01 Å². The van der Waals surface area contributed by atoms with Crippen LogP contribution in [-0.4, -0.2) is 37.5 Å². The molecule has 0 fully saturated rings. The highest BCUT2D eigenvalue weighted by Crippen LogP contribution is 2.19.